The number of aryl methyl sites for hydroxylation is 1. The van der Waals surface area contributed by atoms with Gasteiger partial charge in [-0.1, -0.05) is 41.9 Å². The van der Waals surface area contributed by atoms with E-state index in [1.807, 2.05) is 55.5 Å². The molecular formula is C16H19ClN2O. The van der Waals surface area contributed by atoms with Crippen molar-refractivity contribution < 1.29 is 4.74 Å². The molecule has 3 nitrogen and oxygen atoms in total. The van der Waals surface area contributed by atoms with Crippen molar-refractivity contribution in [2.45, 2.75) is 19.4 Å². The van der Waals surface area contributed by atoms with Crippen LogP contribution in [0.3, 0.4) is 0 Å². The number of hydrazine groups is 1. The molecule has 0 amide bonds. The summed E-state index contributed by atoms with van der Waals surface area (Å²) in [4.78, 5) is 0. The zero-order chi connectivity index (χ0) is 14.4. The summed E-state index contributed by atoms with van der Waals surface area (Å²) in [7, 11) is 0. The molecule has 0 saturated carbocycles. The maximum Gasteiger partial charge on any atom is 0.119 e. The third kappa shape index (κ3) is 3.97. The van der Waals surface area contributed by atoms with Crippen molar-refractivity contribution in [1.29, 1.82) is 0 Å². The van der Waals surface area contributed by atoms with Crippen LogP contribution in [-0.4, -0.2) is 6.61 Å². The Morgan fingerprint density at radius 3 is 2.60 bits per heavy atom. The van der Waals surface area contributed by atoms with E-state index in [4.69, 9.17) is 22.2 Å². The highest BCUT2D eigenvalue weighted by Crippen LogP contribution is 2.23. The number of ether oxygens (including phenoxy) is 1. The third-order valence-electron chi connectivity index (χ3n) is 3.22. The van der Waals surface area contributed by atoms with Gasteiger partial charge in [0.1, 0.15) is 5.75 Å². The van der Waals surface area contributed by atoms with Crippen molar-refractivity contribution >= 4 is 11.6 Å². The van der Waals surface area contributed by atoms with Crippen LogP contribution >= 0.6 is 11.6 Å². The number of benzene rings is 2. The predicted octanol–water partition coefficient (Wildman–Crippen LogP) is 3.62. The van der Waals surface area contributed by atoms with Crippen molar-refractivity contribution in [3.05, 3.63) is 64.7 Å². The quantitative estimate of drug-likeness (QED) is 0.631. The molecule has 0 fully saturated rings. The first kappa shape index (κ1) is 14.9. The first-order chi connectivity index (χ1) is 9.70. The molecule has 0 bridgehead atoms. The lowest BCUT2D eigenvalue weighted by molar-refractivity contribution is 0.287. The van der Waals surface area contributed by atoms with Gasteiger partial charge in [0.15, 0.2) is 0 Å². The standard InChI is InChI=1S/C16H19ClN2O/c1-12-7-8-13(11-15(12)17)16(19-18)9-10-20-14-5-3-2-4-6-14/h2-8,11,16,19H,9-10,18H2,1H3. The fourth-order valence-electron chi connectivity index (χ4n) is 1.98. The average Bonchev–Trinajstić information content (AvgIpc) is 2.48. The van der Waals surface area contributed by atoms with E-state index in [1.165, 1.54) is 0 Å². The van der Waals surface area contributed by atoms with E-state index in [-0.39, 0.29) is 6.04 Å². The van der Waals surface area contributed by atoms with E-state index in [2.05, 4.69) is 5.43 Å². The topological polar surface area (TPSA) is 47.3 Å². The summed E-state index contributed by atoms with van der Waals surface area (Å²) in [5.74, 6) is 6.49. The number of hydrogen-bond acceptors (Lipinski definition) is 3. The van der Waals surface area contributed by atoms with Crippen LogP contribution in [0.5, 0.6) is 5.75 Å². The predicted molar refractivity (Wildman–Crippen MR) is 82.8 cm³/mol. The maximum absolute atomic E-state index is 6.14. The van der Waals surface area contributed by atoms with Crippen LogP contribution < -0.4 is 16.0 Å². The second-order valence-corrected chi connectivity index (χ2v) is 5.09. The Balaban J connectivity index is 1.93. The SMILES string of the molecule is Cc1ccc(C(CCOc2ccccc2)NN)cc1Cl. The normalized spacial score (nSPS) is 12.2. The van der Waals surface area contributed by atoms with Gasteiger partial charge in [0.25, 0.3) is 0 Å². The van der Waals surface area contributed by atoms with Crippen molar-refractivity contribution in [1.82, 2.24) is 5.43 Å². The molecule has 1 atom stereocenters. The fraction of sp³-hybridized carbons (Fsp3) is 0.250. The Morgan fingerprint density at radius 1 is 1.20 bits per heavy atom. The molecule has 2 aromatic rings. The van der Waals surface area contributed by atoms with Gasteiger partial charge in [0, 0.05) is 17.5 Å². The highest BCUT2D eigenvalue weighted by atomic mass is 35.5. The van der Waals surface area contributed by atoms with E-state index in [0.717, 1.165) is 28.3 Å². The molecule has 0 aromatic heterocycles. The summed E-state index contributed by atoms with van der Waals surface area (Å²) in [5, 5.41) is 0.756. The highest BCUT2D eigenvalue weighted by molar-refractivity contribution is 6.31. The van der Waals surface area contributed by atoms with Gasteiger partial charge in [-0.2, -0.15) is 0 Å². The van der Waals surface area contributed by atoms with Gasteiger partial charge >= 0.3 is 0 Å². The summed E-state index contributed by atoms with van der Waals surface area (Å²) < 4.78 is 5.69. The molecule has 0 radical (unpaired) electrons. The first-order valence-corrected chi connectivity index (χ1v) is 6.98. The largest absolute Gasteiger partial charge is 0.494 e. The van der Waals surface area contributed by atoms with Gasteiger partial charge in [-0.05, 0) is 36.2 Å². The molecule has 0 aliphatic carbocycles. The summed E-state index contributed by atoms with van der Waals surface area (Å²) in [6, 6.07) is 15.8. The number of hydrogen-bond donors (Lipinski definition) is 2. The van der Waals surface area contributed by atoms with Crippen LogP contribution in [-0.2, 0) is 0 Å². The molecule has 3 N–H and O–H groups in total. The second-order valence-electron chi connectivity index (χ2n) is 4.68. The van der Waals surface area contributed by atoms with E-state index in [9.17, 15) is 0 Å². The Morgan fingerprint density at radius 2 is 1.95 bits per heavy atom. The van der Waals surface area contributed by atoms with Gasteiger partial charge in [0.05, 0.1) is 6.61 Å². The van der Waals surface area contributed by atoms with Crippen LogP contribution in [0, 0.1) is 6.92 Å². The molecule has 2 aromatic carbocycles. The molecule has 4 heteroatoms. The van der Waals surface area contributed by atoms with Gasteiger partial charge < -0.3 is 4.74 Å². The Labute approximate surface area is 124 Å². The Bertz CT molecular complexity index is 545. The zero-order valence-corrected chi connectivity index (χ0v) is 12.2. The number of rotatable bonds is 6. The monoisotopic (exact) mass is 290 g/mol. The maximum atomic E-state index is 6.14. The highest BCUT2D eigenvalue weighted by Gasteiger charge is 2.11. The molecule has 20 heavy (non-hydrogen) atoms. The third-order valence-corrected chi connectivity index (χ3v) is 3.63. The molecule has 1 unspecified atom stereocenters. The van der Waals surface area contributed by atoms with Crippen molar-refractivity contribution in [3.8, 4) is 5.75 Å². The lowest BCUT2D eigenvalue weighted by atomic mass is 10.0. The van der Waals surface area contributed by atoms with Crippen LogP contribution in [0.1, 0.15) is 23.6 Å². The number of nitrogens with two attached hydrogens (primary N) is 1. The minimum atomic E-state index is 0.0248. The van der Waals surface area contributed by atoms with Crippen LogP contribution in [0.25, 0.3) is 0 Å². The van der Waals surface area contributed by atoms with Gasteiger partial charge in [-0.25, -0.2) is 0 Å². The molecule has 0 spiro atoms. The van der Waals surface area contributed by atoms with E-state index in [0.29, 0.717) is 6.61 Å². The smallest absolute Gasteiger partial charge is 0.119 e. The molecule has 0 aliphatic heterocycles. The molecule has 0 aliphatic rings. The van der Waals surface area contributed by atoms with E-state index >= 15 is 0 Å². The molecule has 0 heterocycles. The van der Waals surface area contributed by atoms with Gasteiger partial charge in [-0.15, -0.1) is 0 Å². The molecule has 0 saturated heterocycles. The van der Waals surface area contributed by atoms with E-state index in [1.54, 1.807) is 0 Å². The van der Waals surface area contributed by atoms with Crippen molar-refractivity contribution in [3.63, 3.8) is 0 Å². The fourth-order valence-corrected chi connectivity index (χ4v) is 2.17. The summed E-state index contributed by atoms with van der Waals surface area (Å²) in [5.41, 5.74) is 4.94. The van der Waals surface area contributed by atoms with Crippen LogP contribution in [0.4, 0.5) is 0 Å². The number of nitrogens with one attached hydrogen (secondary N) is 1. The van der Waals surface area contributed by atoms with Crippen molar-refractivity contribution in [2.75, 3.05) is 6.61 Å². The summed E-state index contributed by atoms with van der Waals surface area (Å²) in [6.45, 7) is 2.57. The Hall–Kier alpha value is -1.55. The average molecular weight is 291 g/mol. The van der Waals surface area contributed by atoms with Gasteiger partial charge in [0.2, 0.25) is 0 Å². The van der Waals surface area contributed by atoms with Crippen LogP contribution in [0.15, 0.2) is 48.5 Å². The minimum absolute atomic E-state index is 0.0248. The molecule has 2 rings (SSSR count). The summed E-state index contributed by atoms with van der Waals surface area (Å²) in [6.07, 6.45) is 0.769. The lowest BCUT2D eigenvalue weighted by Crippen LogP contribution is -2.29. The number of para-hydroxylation sites is 1. The first-order valence-electron chi connectivity index (χ1n) is 6.60. The second kappa shape index (κ2) is 7.29. The van der Waals surface area contributed by atoms with Crippen molar-refractivity contribution in [2.24, 2.45) is 5.84 Å². The number of halogens is 1. The Kier molecular flexibility index (Phi) is 5.41. The lowest BCUT2D eigenvalue weighted by Gasteiger charge is -2.17. The zero-order valence-electron chi connectivity index (χ0n) is 11.5. The van der Waals surface area contributed by atoms with Crippen LogP contribution in [0.2, 0.25) is 5.02 Å². The molecular weight excluding hydrogens is 272 g/mol. The minimum Gasteiger partial charge on any atom is -0.494 e. The van der Waals surface area contributed by atoms with E-state index < -0.39 is 0 Å². The summed E-state index contributed by atoms with van der Waals surface area (Å²) >= 11 is 6.14. The molecule has 106 valence electrons. The van der Waals surface area contributed by atoms with Gasteiger partial charge in [-0.3, -0.25) is 11.3 Å².